The zero-order valence-corrected chi connectivity index (χ0v) is 14.7. The van der Waals surface area contributed by atoms with Gasteiger partial charge in [-0.3, -0.25) is 14.8 Å². The Labute approximate surface area is 156 Å². The minimum absolute atomic E-state index is 0.266. The third-order valence-corrected chi connectivity index (χ3v) is 3.74. The first kappa shape index (κ1) is 18.3. The number of hydrogen-bond donors (Lipinski definition) is 1. The number of anilines is 1. The predicted molar refractivity (Wildman–Crippen MR) is 102 cm³/mol. The zero-order valence-electron chi connectivity index (χ0n) is 14.7. The SMILES string of the molecule is Cc1cc(OCc2cccc(F)c2)ccc1NC(=O)/C=C/c1cnccn1. The third-order valence-electron chi connectivity index (χ3n) is 3.74. The molecule has 0 fully saturated rings. The lowest BCUT2D eigenvalue weighted by molar-refractivity contribution is -0.111. The molecule has 0 radical (unpaired) electrons. The maximum Gasteiger partial charge on any atom is 0.248 e. The average Bonchev–Trinajstić information content (AvgIpc) is 2.67. The first-order chi connectivity index (χ1) is 13.1. The molecule has 0 saturated carbocycles. The van der Waals surface area contributed by atoms with Gasteiger partial charge in [-0.15, -0.1) is 0 Å². The van der Waals surface area contributed by atoms with Crippen LogP contribution < -0.4 is 10.1 Å². The molecule has 1 N–H and O–H groups in total. The summed E-state index contributed by atoms with van der Waals surface area (Å²) in [5.74, 6) is 0.0851. The molecule has 1 heterocycles. The van der Waals surface area contributed by atoms with Gasteiger partial charge in [0.05, 0.1) is 11.9 Å². The van der Waals surface area contributed by atoms with E-state index < -0.39 is 0 Å². The number of rotatable bonds is 6. The van der Waals surface area contributed by atoms with Crippen molar-refractivity contribution in [2.75, 3.05) is 5.32 Å². The number of ether oxygens (including phenoxy) is 1. The average molecular weight is 363 g/mol. The highest BCUT2D eigenvalue weighted by Gasteiger charge is 2.05. The summed E-state index contributed by atoms with van der Waals surface area (Å²) < 4.78 is 18.9. The highest BCUT2D eigenvalue weighted by Crippen LogP contribution is 2.22. The second-order valence-electron chi connectivity index (χ2n) is 5.85. The Morgan fingerprint density at radius 2 is 2.11 bits per heavy atom. The Morgan fingerprint density at radius 1 is 1.22 bits per heavy atom. The van der Waals surface area contributed by atoms with Gasteiger partial charge in [0.2, 0.25) is 5.91 Å². The maximum atomic E-state index is 13.2. The number of nitrogens with one attached hydrogen (secondary N) is 1. The summed E-state index contributed by atoms with van der Waals surface area (Å²) in [6, 6.07) is 11.6. The predicted octanol–water partition coefficient (Wildman–Crippen LogP) is 4.16. The molecule has 0 aliphatic heterocycles. The molecule has 27 heavy (non-hydrogen) atoms. The van der Waals surface area contributed by atoms with Crippen LogP contribution in [0.5, 0.6) is 5.75 Å². The Kier molecular flexibility index (Phi) is 5.89. The number of aromatic nitrogens is 2. The molecular formula is C21H18FN3O2. The molecule has 6 heteroatoms. The number of amides is 1. The summed E-state index contributed by atoms with van der Waals surface area (Å²) in [7, 11) is 0. The van der Waals surface area contributed by atoms with Crippen molar-refractivity contribution in [2.24, 2.45) is 0 Å². The van der Waals surface area contributed by atoms with E-state index in [4.69, 9.17) is 4.74 Å². The molecule has 136 valence electrons. The van der Waals surface area contributed by atoms with Gasteiger partial charge in [0.1, 0.15) is 18.2 Å². The molecule has 0 unspecified atom stereocenters. The molecule has 1 aromatic heterocycles. The van der Waals surface area contributed by atoms with Gasteiger partial charge in [-0.2, -0.15) is 0 Å². The van der Waals surface area contributed by atoms with Crippen molar-refractivity contribution >= 4 is 17.7 Å². The van der Waals surface area contributed by atoms with Crippen molar-refractivity contribution in [3.8, 4) is 5.75 Å². The minimum atomic E-state index is -0.292. The molecule has 0 spiro atoms. The van der Waals surface area contributed by atoms with Gasteiger partial charge in [-0.25, -0.2) is 4.39 Å². The van der Waals surface area contributed by atoms with Gasteiger partial charge in [0.15, 0.2) is 0 Å². The van der Waals surface area contributed by atoms with Gasteiger partial charge in [0.25, 0.3) is 0 Å². The fourth-order valence-electron chi connectivity index (χ4n) is 2.39. The molecular weight excluding hydrogens is 345 g/mol. The van der Waals surface area contributed by atoms with Crippen molar-refractivity contribution in [2.45, 2.75) is 13.5 Å². The van der Waals surface area contributed by atoms with Crippen molar-refractivity contribution in [3.63, 3.8) is 0 Å². The van der Waals surface area contributed by atoms with Crippen LogP contribution >= 0.6 is 0 Å². The van der Waals surface area contributed by atoms with Gasteiger partial charge in [-0.05, 0) is 54.5 Å². The summed E-state index contributed by atoms with van der Waals surface area (Å²) in [5, 5.41) is 2.81. The third kappa shape index (κ3) is 5.47. The second-order valence-corrected chi connectivity index (χ2v) is 5.85. The summed E-state index contributed by atoms with van der Waals surface area (Å²) in [6.07, 6.45) is 7.69. The zero-order chi connectivity index (χ0) is 19.1. The first-order valence-electron chi connectivity index (χ1n) is 8.33. The minimum Gasteiger partial charge on any atom is -0.489 e. The van der Waals surface area contributed by atoms with Crippen LogP contribution in [-0.2, 0) is 11.4 Å². The van der Waals surface area contributed by atoms with Gasteiger partial charge >= 0.3 is 0 Å². The highest BCUT2D eigenvalue weighted by atomic mass is 19.1. The lowest BCUT2D eigenvalue weighted by atomic mass is 10.2. The van der Waals surface area contributed by atoms with E-state index in [1.165, 1.54) is 18.2 Å². The molecule has 2 aromatic carbocycles. The quantitative estimate of drug-likeness (QED) is 0.668. The van der Waals surface area contributed by atoms with E-state index in [0.717, 1.165) is 11.1 Å². The number of carbonyl (C=O) groups excluding carboxylic acids is 1. The Balaban J connectivity index is 1.59. The molecule has 5 nitrogen and oxygen atoms in total. The summed E-state index contributed by atoms with van der Waals surface area (Å²) >= 11 is 0. The Bertz CT molecular complexity index is 959. The largest absolute Gasteiger partial charge is 0.489 e. The van der Waals surface area contributed by atoms with E-state index in [1.54, 1.807) is 48.9 Å². The molecule has 3 rings (SSSR count). The smallest absolute Gasteiger partial charge is 0.248 e. The van der Waals surface area contributed by atoms with Crippen LogP contribution in [0.2, 0.25) is 0 Å². The van der Waals surface area contributed by atoms with Crippen LogP contribution in [0, 0.1) is 12.7 Å². The van der Waals surface area contributed by atoms with Crippen LogP contribution in [0.4, 0.5) is 10.1 Å². The standard InChI is InChI=1S/C21H18FN3O2/c1-15-11-19(27-14-16-3-2-4-17(22)12-16)6-7-20(15)25-21(26)8-5-18-13-23-9-10-24-18/h2-13H,14H2,1H3,(H,25,26)/b8-5+. The molecule has 0 aliphatic rings. The highest BCUT2D eigenvalue weighted by molar-refractivity contribution is 6.02. The fourth-order valence-corrected chi connectivity index (χ4v) is 2.39. The molecule has 0 aliphatic carbocycles. The Hall–Kier alpha value is -3.54. The monoisotopic (exact) mass is 363 g/mol. The number of benzene rings is 2. The summed E-state index contributed by atoms with van der Waals surface area (Å²) in [4.78, 5) is 20.1. The number of carbonyl (C=O) groups is 1. The van der Waals surface area contributed by atoms with Crippen LogP contribution in [0.1, 0.15) is 16.8 Å². The number of hydrogen-bond acceptors (Lipinski definition) is 4. The fraction of sp³-hybridized carbons (Fsp3) is 0.0952. The lowest BCUT2D eigenvalue weighted by Crippen LogP contribution is -2.09. The number of halogens is 1. The van der Waals surface area contributed by atoms with Gasteiger partial charge in [0, 0.05) is 24.2 Å². The van der Waals surface area contributed by atoms with E-state index in [-0.39, 0.29) is 18.3 Å². The van der Waals surface area contributed by atoms with Crippen LogP contribution in [-0.4, -0.2) is 15.9 Å². The van der Waals surface area contributed by atoms with Crippen LogP contribution in [0.25, 0.3) is 6.08 Å². The molecule has 0 atom stereocenters. The summed E-state index contributed by atoms with van der Waals surface area (Å²) in [5.41, 5.74) is 2.89. The van der Waals surface area contributed by atoms with Gasteiger partial charge < -0.3 is 10.1 Å². The maximum absolute atomic E-state index is 13.2. The molecule has 0 bridgehead atoms. The van der Waals surface area contributed by atoms with Crippen molar-refractivity contribution in [3.05, 3.63) is 89.8 Å². The van der Waals surface area contributed by atoms with E-state index in [1.807, 2.05) is 13.0 Å². The molecule has 3 aromatic rings. The van der Waals surface area contributed by atoms with E-state index >= 15 is 0 Å². The molecule has 1 amide bonds. The second kappa shape index (κ2) is 8.71. The number of nitrogens with zero attached hydrogens (tertiary/aromatic N) is 2. The van der Waals surface area contributed by atoms with E-state index in [2.05, 4.69) is 15.3 Å². The molecule has 0 saturated heterocycles. The topological polar surface area (TPSA) is 64.1 Å². The van der Waals surface area contributed by atoms with Crippen molar-refractivity contribution in [1.82, 2.24) is 9.97 Å². The van der Waals surface area contributed by atoms with Gasteiger partial charge in [-0.1, -0.05) is 12.1 Å². The summed E-state index contributed by atoms with van der Waals surface area (Å²) in [6.45, 7) is 2.14. The number of aryl methyl sites for hydroxylation is 1. The van der Waals surface area contributed by atoms with Crippen molar-refractivity contribution < 1.29 is 13.9 Å². The van der Waals surface area contributed by atoms with E-state index in [9.17, 15) is 9.18 Å². The lowest BCUT2D eigenvalue weighted by Gasteiger charge is -2.11. The van der Waals surface area contributed by atoms with Crippen LogP contribution in [0.15, 0.2) is 67.1 Å². The first-order valence-corrected chi connectivity index (χ1v) is 8.33. The normalized spacial score (nSPS) is 10.7. The van der Waals surface area contributed by atoms with Crippen molar-refractivity contribution in [1.29, 1.82) is 0 Å². The Morgan fingerprint density at radius 3 is 2.85 bits per heavy atom. The van der Waals surface area contributed by atoms with E-state index in [0.29, 0.717) is 17.1 Å². The van der Waals surface area contributed by atoms with Crippen LogP contribution in [0.3, 0.4) is 0 Å².